The Kier molecular flexibility index (Phi) is 4.87. The van der Waals surface area contributed by atoms with Crippen molar-refractivity contribution in [3.05, 3.63) is 33.3 Å². The summed E-state index contributed by atoms with van der Waals surface area (Å²) in [7, 11) is 0. The summed E-state index contributed by atoms with van der Waals surface area (Å²) in [5.41, 5.74) is 0.571. The first-order valence-corrected chi connectivity index (χ1v) is 6.89. The van der Waals surface area contributed by atoms with Gasteiger partial charge in [-0.15, -0.1) is 0 Å². The quantitative estimate of drug-likeness (QED) is 0.569. The van der Waals surface area contributed by atoms with Crippen molar-refractivity contribution in [1.29, 1.82) is 0 Å². The fourth-order valence-corrected chi connectivity index (χ4v) is 2.30. The van der Waals surface area contributed by atoms with Gasteiger partial charge in [-0.2, -0.15) is 0 Å². The monoisotopic (exact) mass is 338 g/mol. The van der Waals surface area contributed by atoms with E-state index in [1.54, 1.807) is 26.8 Å². The van der Waals surface area contributed by atoms with E-state index in [1.807, 2.05) is 0 Å². The highest BCUT2D eigenvalue weighted by molar-refractivity contribution is 9.08. The van der Waals surface area contributed by atoms with Gasteiger partial charge >= 0.3 is 5.97 Å². The van der Waals surface area contributed by atoms with Gasteiger partial charge in [-0.1, -0.05) is 39.1 Å². The molecule has 0 heterocycles. The van der Waals surface area contributed by atoms with Crippen LogP contribution in [0.25, 0.3) is 0 Å². The Morgan fingerprint density at radius 2 is 1.88 bits per heavy atom. The molecule has 1 aromatic rings. The maximum absolute atomic E-state index is 11.9. The zero-order chi connectivity index (χ0) is 13.2. The molecule has 17 heavy (non-hydrogen) atoms. The predicted octanol–water partition coefficient (Wildman–Crippen LogP) is 4.84. The molecule has 2 nitrogen and oxygen atoms in total. The molecule has 1 rings (SSSR count). The number of ether oxygens (including phenoxy) is 1. The fraction of sp³-hybridized carbons (Fsp3) is 0.417. The SMILES string of the molecule is CC(C)(C)OC(=O)c1cc(Cl)c(CBr)cc1Cl. The maximum atomic E-state index is 11.9. The van der Waals surface area contributed by atoms with Gasteiger partial charge in [0, 0.05) is 10.4 Å². The van der Waals surface area contributed by atoms with Crippen molar-refractivity contribution in [1.82, 2.24) is 0 Å². The van der Waals surface area contributed by atoms with Gasteiger partial charge in [0.05, 0.1) is 10.6 Å². The van der Waals surface area contributed by atoms with Crippen molar-refractivity contribution in [2.75, 3.05) is 0 Å². The average Bonchev–Trinajstić information content (AvgIpc) is 2.18. The Bertz CT molecular complexity index is 439. The van der Waals surface area contributed by atoms with Crippen LogP contribution in [0.2, 0.25) is 10.0 Å². The number of halogens is 3. The van der Waals surface area contributed by atoms with Crippen LogP contribution in [0.4, 0.5) is 0 Å². The van der Waals surface area contributed by atoms with Crippen LogP contribution in [0.1, 0.15) is 36.7 Å². The lowest BCUT2D eigenvalue weighted by Gasteiger charge is -2.20. The topological polar surface area (TPSA) is 26.3 Å². The first-order valence-electron chi connectivity index (χ1n) is 5.02. The van der Waals surface area contributed by atoms with Crippen molar-refractivity contribution in [3.63, 3.8) is 0 Å². The molecule has 94 valence electrons. The first kappa shape index (κ1) is 14.8. The molecule has 0 aliphatic heterocycles. The van der Waals surface area contributed by atoms with Gasteiger partial charge in [-0.3, -0.25) is 0 Å². The Labute approximate surface area is 119 Å². The minimum absolute atomic E-state index is 0.288. The van der Waals surface area contributed by atoms with Gasteiger partial charge in [0.25, 0.3) is 0 Å². The Morgan fingerprint density at radius 1 is 1.29 bits per heavy atom. The van der Waals surface area contributed by atoms with Gasteiger partial charge in [-0.05, 0) is 38.5 Å². The molecule has 0 fully saturated rings. The lowest BCUT2D eigenvalue weighted by molar-refractivity contribution is 0.00698. The highest BCUT2D eigenvalue weighted by Gasteiger charge is 2.21. The van der Waals surface area contributed by atoms with E-state index in [0.717, 1.165) is 5.56 Å². The summed E-state index contributed by atoms with van der Waals surface area (Å²) in [4.78, 5) is 11.9. The highest BCUT2D eigenvalue weighted by atomic mass is 79.9. The third-order valence-corrected chi connectivity index (χ3v) is 3.17. The summed E-state index contributed by atoms with van der Waals surface area (Å²) in [6.07, 6.45) is 0. The molecule has 0 aliphatic rings. The molecular weight excluding hydrogens is 327 g/mol. The number of carbonyl (C=O) groups excluding carboxylic acids is 1. The van der Waals surface area contributed by atoms with Gasteiger partial charge < -0.3 is 4.74 Å². The Balaban J connectivity index is 3.07. The molecule has 0 amide bonds. The van der Waals surface area contributed by atoms with Crippen molar-refractivity contribution in [3.8, 4) is 0 Å². The van der Waals surface area contributed by atoms with Crippen LogP contribution in [0.15, 0.2) is 12.1 Å². The third kappa shape index (κ3) is 4.16. The van der Waals surface area contributed by atoms with E-state index >= 15 is 0 Å². The second-order valence-corrected chi connectivity index (χ2v) is 5.93. The summed E-state index contributed by atoms with van der Waals surface area (Å²) < 4.78 is 5.24. The molecule has 0 N–H and O–H groups in total. The summed E-state index contributed by atoms with van der Waals surface area (Å²) >= 11 is 15.3. The number of hydrogen-bond acceptors (Lipinski definition) is 2. The average molecular weight is 340 g/mol. The van der Waals surface area contributed by atoms with E-state index in [4.69, 9.17) is 27.9 Å². The molecule has 1 aromatic carbocycles. The minimum atomic E-state index is -0.555. The normalized spacial score (nSPS) is 11.4. The van der Waals surface area contributed by atoms with E-state index in [-0.39, 0.29) is 5.56 Å². The molecule has 0 saturated carbocycles. The van der Waals surface area contributed by atoms with E-state index in [1.165, 1.54) is 6.07 Å². The molecule has 0 radical (unpaired) electrons. The number of alkyl halides is 1. The summed E-state index contributed by atoms with van der Waals surface area (Å²) in [5, 5.41) is 1.42. The van der Waals surface area contributed by atoms with E-state index in [0.29, 0.717) is 15.4 Å². The second-order valence-electron chi connectivity index (χ2n) is 4.56. The van der Waals surface area contributed by atoms with Crippen LogP contribution in [-0.2, 0) is 10.1 Å². The van der Waals surface area contributed by atoms with Crippen molar-refractivity contribution < 1.29 is 9.53 Å². The molecule has 0 bridgehead atoms. The smallest absolute Gasteiger partial charge is 0.340 e. The fourth-order valence-electron chi connectivity index (χ4n) is 1.18. The number of hydrogen-bond donors (Lipinski definition) is 0. The first-order chi connectivity index (χ1) is 7.74. The molecule has 5 heteroatoms. The summed E-state index contributed by atoms with van der Waals surface area (Å²) in [6, 6.07) is 3.20. The summed E-state index contributed by atoms with van der Waals surface area (Å²) in [6.45, 7) is 5.40. The van der Waals surface area contributed by atoms with Crippen LogP contribution >= 0.6 is 39.1 Å². The van der Waals surface area contributed by atoms with Crippen molar-refractivity contribution in [2.24, 2.45) is 0 Å². The van der Waals surface area contributed by atoms with E-state index in [9.17, 15) is 4.79 Å². The number of esters is 1. The molecule has 0 aliphatic carbocycles. The Hall–Kier alpha value is -0.250. The zero-order valence-electron chi connectivity index (χ0n) is 9.81. The summed E-state index contributed by atoms with van der Waals surface area (Å²) in [5.74, 6) is -0.467. The lowest BCUT2D eigenvalue weighted by atomic mass is 10.1. The number of carbonyl (C=O) groups is 1. The molecular formula is C12H13BrCl2O2. The van der Waals surface area contributed by atoms with Crippen LogP contribution < -0.4 is 0 Å². The minimum Gasteiger partial charge on any atom is -0.456 e. The zero-order valence-corrected chi connectivity index (χ0v) is 12.9. The maximum Gasteiger partial charge on any atom is 0.340 e. The second kappa shape index (κ2) is 5.59. The molecule has 0 spiro atoms. The van der Waals surface area contributed by atoms with Gasteiger partial charge in [0.2, 0.25) is 0 Å². The van der Waals surface area contributed by atoms with E-state index < -0.39 is 11.6 Å². The lowest BCUT2D eigenvalue weighted by Crippen LogP contribution is -2.24. The van der Waals surface area contributed by atoms with Crippen LogP contribution in [0, 0.1) is 0 Å². The predicted molar refractivity (Wildman–Crippen MR) is 74.3 cm³/mol. The van der Waals surface area contributed by atoms with Crippen LogP contribution in [0.5, 0.6) is 0 Å². The highest BCUT2D eigenvalue weighted by Crippen LogP contribution is 2.28. The van der Waals surface area contributed by atoms with E-state index in [2.05, 4.69) is 15.9 Å². The molecule has 0 atom stereocenters. The molecule has 0 saturated heterocycles. The third-order valence-electron chi connectivity index (χ3n) is 1.90. The van der Waals surface area contributed by atoms with Crippen LogP contribution in [-0.4, -0.2) is 11.6 Å². The van der Waals surface area contributed by atoms with Gasteiger partial charge in [0.1, 0.15) is 5.60 Å². The van der Waals surface area contributed by atoms with Gasteiger partial charge in [0.15, 0.2) is 0 Å². The largest absolute Gasteiger partial charge is 0.456 e. The van der Waals surface area contributed by atoms with Crippen LogP contribution in [0.3, 0.4) is 0 Å². The van der Waals surface area contributed by atoms with Gasteiger partial charge in [-0.25, -0.2) is 4.79 Å². The number of benzene rings is 1. The van der Waals surface area contributed by atoms with Crippen molar-refractivity contribution in [2.45, 2.75) is 31.7 Å². The Morgan fingerprint density at radius 3 is 2.35 bits per heavy atom. The van der Waals surface area contributed by atoms with Crippen molar-refractivity contribution >= 4 is 45.1 Å². The standard InChI is InChI=1S/C12H13BrCl2O2/c1-12(2,3)17-11(16)8-5-9(14)7(6-13)4-10(8)15/h4-5H,6H2,1-3H3. The number of rotatable bonds is 2. The molecule has 0 aromatic heterocycles. The molecule has 0 unspecified atom stereocenters.